The number of hydrogen-bond acceptors (Lipinski definition) is 2. The lowest BCUT2D eigenvalue weighted by Gasteiger charge is -1.80. The second-order valence-corrected chi connectivity index (χ2v) is 3.71. The third-order valence-electron chi connectivity index (χ3n) is 0.338. The van der Waals surface area contributed by atoms with Crippen molar-refractivity contribution in [2.24, 2.45) is 0 Å². The minimum absolute atomic E-state index is 0.151. The van der Waals surface area contributed by atoms with Gasteiger partial charge in [0.05, 0.1) is 0 Å². The first kappa shape index (κ1) is 8.16. The summed E-state index contributed by atoms with van der Waals surface area (Å²) >= 11 is 5.24. The largest absolute Gasteiger partial charge is 0.275 e. The number of hydrogen-bond donors (Lipinski definition) is 1. The fourth-order valence-corrected chi connectivity index (χ4v) is 1.38. The summed E-state index contributed by atoms with van der Waals surface area (Å²) < 4.78 is 19.7. The predicted octanol–water partition coefficient (Wildman–Crippen LogP) is -0.591. The molecule has 6 heteroatoms. The maximum absolute atomic E-state index is 9.79. The lowest BCUT2D eigenvalue weighted by molar-refractivity contribution is 0.628. The highest BCUT2D eigenvalue weighted by Crippen LogP contribution is 1.68. The molecule has 1 N–H and O–H groups in total. The van der Waals surface area contributed by atoms with Crippen molar-refractivity contribution in [2.45, 2.75) is 0 Å². The van der Waals surface area contributed by atoms with Crippen LogP contribution in [-0.2, 0) is 19.2 Å². The molecule has 0 aromatic heterocycles. The van der Waals surface area contributed by atoms with E-state index in [-0.39, 0.29) is 4.45 Å². The Kier molecular flexibility index (Phi) is 4.16. The van der Waals surface area contributed by atoms with Gasteiger partial charge in [-0.15, -0.1) is 0 Å². The SMILES string of the molecule is CNC(Cl)=S=S(=O)=O. The van der Waals surface area contributed by atoms with Crippen LogP contribution < -0.4 is 5.32 Å². The Morgan fingerprint density at radius 2 is 2.25 bits per heavy atom. The summed E-state index contributed by atoms with van der Waals surface area (Å²) in [5.41, 5.74) is 0. The van der Waals surface area contributed by atoms with E-state index in [0.717, 1.165) is 0 Å². The summed E-state index contributed by atoms with van der Waals surface area (Å²) in [5.74, 6) is 0. The van der Waals surface area contributed by atoms with Crippen LogP contribution in [0.15, 0.2) is 0 Å². The zero-order valence-corrected chi connectivity index (χ0v) is 6.40. The molecule has 0 atom stereocenters. The van der Waals surface area contributed by atoms with Gasteiger partial charge in [0.25, 0.3) is 9.26 Å². The van der Waals surface area contributed by atoms with Gasteiger partial charge in [0.15, 0.2) is 4.45 Å². The van der Waals surface area contributed by atoms with Gasteiger partial charge in [-0.2, -0.15) is 8.42 Å². The molecular weight excluding hydrogens is 170 g/mol. The van der Waals surface area contributed by atoms with Gasteiger partial charge < -0.3 is 0 Å². The first-order valence-corrected chi connectivity index (χ1v) is 4.43. The summed E-state index contributed by atoms with van der Waals surface area (Å²) in [7, 11) is -0.0745. The highest BCUT2D eigenvalue weighted by molar-refractivity contribution is 8.24. The summed E-state index contributed by atoms with van der Waals surface area (Å²) in [5, 5.41) is 2.45. The molecule has 0 bridgehead atoms. The molecule has 0 aromatic rings. The number of rotatable bonds is 0. The Hall–Kier alpha value is 0.160. The van der Waals surface area contributed by atoms with E-state index < -0.39 is 9.26 Å². The van der Waals surface area contributed by atoms with E-state index >= 15 is 0 Å². The van der Waals surface area contributed by atoms with Gasteiger partial charge in [-0.1, -0.05) is 11.6 Å². The molecule has 0 aliphatic heterocycles. The van der Waals surface area contributed by atoms with Crippen LogP contribution in [0.5, 0.6) is 0 Å². The lowest BCUT2D eigenvalue weighted by Crippen LogP contribution is -2.09. The molecule has 0 unspecified atom stereocenters. The fraction of sp³-hybridized carbons (Fsp3) is 0.500. The monoisotopic (exact) mass is 173 g/mol. The summed E-state index contributed by atoms with van der Waals surface area (Å²) in [4.78, 5) is 0. The molecular formula is C2H4ClNO2S2. The smallest absolute Gasteiger partial charge is 0.273 e. The van der Waals surface area contributed by atoms with Crippen LogP contribution in [0.2, 0.25) is 0 Å². The third-order valence-corrected chi connectivity index (χ3v) is 2.43. The highest BCUT2D eigenvalue weighted by atomic mass is 35.5. The maximum Gasteiger partial charge on any atom is 0.275 e. The average molecular weight is 174 g/mol. The van der Waals surface area contributed by atoms with Crippen molar-refractivity contribution in [3.05, 3.63) is 0 Å². The van der Waals surface area contributed by atoms with E-state index in [4.69, 9.17) is 11.6 Å². The molecule has 0 rings (SSSR count). The van der Waals surface area contributed by atoms with E-state index in [0.29, 0.717) is 9.91 Å². The van der Waals surface area contributed by atoms with Crippen LogP contribution in [0.3, 0.4) is 0 Å². The van der Waals surface area contributed by atoms with Gasteiger partial charge in [-0.25, -0.2) is 0 Å². The fourth-order valence-electron chi connectivity index (χ4n) is 0.101. The van der Waals surface area contributed by atoms with Crippen LogP contribution in [0.25, 0.3) is 0 Å². The lowest BCUT2D eigenvalue weighted by atomic mass is 11.3. The van der Waals surface area contributed by atoms with Gasteiger partial charge in [0, 0.05) is 9.91 Å². The second kappa shape index (κ2) is 4.08. The summed E-state index contributed by atoms with van der Waals surface area (Å²) in [6.07, 6.45) is 0. The van der Waals surface area contributed by atoms with Crippen LogP contribution in [0.1, 0.15) is 0 Å². The molecule has 0 aliphatic rings. The van der Waals surface area contributed by atoms with Crippen molar-refractivity contribution >= 4 is 35.2 Å². The van der Waals surface area contributed by atoms with E-state index in [1.807, 2.05) is 0 Å². The first-order valence-electron chi connectivity index (χ1n) is 1.64. The molecule has 8 heavy (non-hydrogen) atoms. The average Bonchev–Trinajstić information content (AvgIpc) is 1.65. The topological polar surface area (TPSA) is 46.2 Å². The maximum atomic E-state index is 9.79. The van der Waals surface area contributed by atoms with Gasteiger partial charge in [0.1, 0.15) is 0 Å². The van der Waals surface area contributed by atoms with Gasteiger partial charge >= 0.3 is 0 Å². The van der Waals surface area contributed by atoms with Crippen molar-refractivity contribution in [3.63, 3.8) is 0 Å². The van der Waals surface area contributed by atoms with Gasteiger partial charge in [-0.05, 0) is 7.05 Å². The first-order chi connectivity index (χ1) is 3.66. The zero-order chi connectivity index (χ0) is 6.57. The van der Waals surface area contributed by atoms with E-state index in [9.17, 15) is 8.42 Å². The van der Waals surface area contributed by atoms with Gasteiger partial charge in [0.2, 0.25) is 0 Å². The molecule has 0 heterocycles. The Labute approximate surface area is 56.4 Å². The molecule has 0 fully saturated rings. The molecule has 0 saturated carbocycles. The molecule has 0 aromatic carbocycles. The van der Waals surface area contributed by atoms with Crippen LogP contribution in [0.4, 0.5) is 0 Å². The van der Waals surface area contributed by atoms with Crippen LogP contribution in [0, 0.1) is 0 Å². The number of halogens is 1. The Morgan fingerprint density at radius 1 is 1.75 bits per heavy atom. The molecule has 0 spiro atoms. The molecule has 3 nitrogen and oxygen atoms in total. The minimum atomic E-state index is -2.16. The minimum Gasteiger partial charge on any atom is -0.273 e. The van der Waals surface area contributed by atoms with Crippen LogP contribution >= 0.6 is 11.6 Å². The second-order valence-electron chi connectivity index (χ2n) is 0.811. The van der Waals surface area contributed by atoms with Crippen molar-refractivity contribution in [2.75, 3.05) is 7.05 Å². The molecule has 0 aliphatic carbocycles. The highest BCUT2D eigenvalue weighted by Gasteiger charge is 1.77. The Morgan fingerprint density at radius 3 is 2.38 bits per heavy atom. The molecule has 0 radical (unpaired) electrons. The van der Waals surface area contributed by atoms with E-state index in [1.165, 1.54) is 0 Å². The predicted molar refractivity (Wildman–Crippen MR) is 36.2 cm³/mol. The summed E-state index contributed by atoms with van der Waals surface area (Å²) in [6.45, 7) is 0. The van der Waals surface area contributed by atoms with Crippen LogP contribution in [-0.4, -0.2) is 19.9 Å². The van der Waals surface area contributed by atoms with E-state index in [1.54, 1.807) is 7.05 Å². The molecule has 48 valence electrons. The summed E-state index contributed by atoms with van der Waals surface area (Å²) in [6, 6.07) is 0. The zero-order valence-electron chi connectivity index (χ0n) is 4.01. The standard InChI is InChI=1S/C2H4ClNO2S2/c1-4-2(3)7-8(5)6/h4H,1H3. The quantitative estimate of drug-likeness (QED) is 0.303. The van der Waals surface area contributed by atoms with E-state index in [2.05, 4.69) is 5.32 Å². The van der Waals surface area contributed by atoms with Crippen molar-refractivity contribution in [1.29, 1.82) is 0 Å². The van der Waals surface area contributed by atoms with Crippen molar-refractivity contribution in [3.8, 4) is 0 Å². The molecule has 0 saturated heterocycles. The Balaban J connectivity index is 4.66. The third kappa shape index (κ3) is 4.32. The Bertz CT molecular complexity index is 216. The van der Waals surface area contributed by atoms with Crippen molar-refractivity contribution in [1.82, 2.24) is 5.32 Å². The van der Waals surface area contributed by atoms with Crippen molar-refractivity contribution < 1.29 is 8.42 Å². The number of nitrogens with one attached hydrogen (secondary N) is 1. The van der Waals surface area contributed by atoms with Gasteiger partial charge in [-0.3, -0.25) is 5.32 Å². The molecule has 0 amide bonds. The normalized spacial score (nSPS) is 8.25.